The molecule has 0 radical (unpaired) electrons. The first-order valence-corrected chi connectivity index (χ1v) is 10.1. The summed E-state index contributed by atoms with van der Waals surface area (Å²) in [6.07, 6.45) is 5.04. The van der Waals surface area contributed by atoms with Crippen molar-refractivity contribution in [1.82, 2.24) is 14.6 Å². The van der Waals surface area contributed by atoms with Gasteiger partial charge in [-0.15, -0.1) is 0 Å². The van der Waals surface area contributed by atoms with Crippen molar-refractivity contribution in [2.45, 2.75) is 37.5 Å². The third-order valence-electron chi connectivity index (χ3n) is 4.56. The van der Waals surface area contributed by atoms with E-state index < -0.39 is 10.0 Å². The smallest absolute Gasteiger partial charge is 0.241 e. The lowest BCUT2D eigenvalue weighted by Gasteiger charge is -2.26. The summed E-state index contributed by atoms with van der Waals surface area (Å²) in [5.41, 5.74) is 1.60. The number of hydrogen-bond donors (Lipinski definition) is 1. The highest BCUT2D eigenvalue weighted by Gasteiger charge is 2.20. The average Bonchev–Trinajstić information content (AvgIpc) is 2.62. The van der Waals surface area contributed by atoms with Crippen LogP contribution in [0.3, 0.4) is 0 Å². The van der Waals surface area contributed by atoms with Gasteiger partial charge in [0.05, 0.1) is 10.4 Å². The Balaban J connectivity index is 1.70. The number of amides is 1. The Hall–Kier alpha value is -1.99. The van der Waals surface area contributed by atoms with Gasteiger partial charge in [0.15, 0.2) is 0 Å². The Kier molecular flexibility index (Phi) is 5.34. The Bertz CT molecular complexity index is 874. The Morgan fingerprint density at radius 2 is 1.96 bits per heavy atom. The quantitative estimate of drug-likeness (QED) is 0.886. The summed E-state index contributed by atoms with van der Waals surface area (Å²) < 4.78 is 27.9. The van der Waals surface area contributed by atoms with Crippen molar-refractivity contribution < 1.29 is 13.2 Å². The lowest BCUT2D eigenvalue weighted by molar-refractivity contribution is -0.131. The van der Waals surface area contributed by atoms with Crippen LogP contribution in [0.25, 0.3) is 10.9 Å². The lowest BCUT2D eigenvalue weighted by Crippen LogP contribution is -2.37. The van der Waals surface area contributed by atoms with Crippen molar-refractivity contribution in [3.05, 3.63) is 36.0 Å². The molecule has 2 heterocycles. The SMILES string of the molecule is Cc1ccc(S(=O)(=O)NCCC(=O)N2CCCCC2)c2cccnc12. The first kappa shape index (κ1) is 17.8. The molecule has 3 rings (SSSR count). The number of hydrogen-bond acceptors (Lipinski definition) is 4. The van der Waals surface area contributed by atoms with Gasteiger partial charge in [-0.3, -0.25) is 9.78 Å². The van der Waals surface area contributed by atoms with Crippen LogP contribution in [0.2, 0.25) is 0 Å². The third kappa shape index (κ3) is 3.99. The van der Waals surface area contributed by atoms with Gasteiger partial charge in [-0.05, 0) is 49.9 Å². The second kappa shape index (κ2) is 7.49. The van der Waals surface area contributed by atoms with Crippen LogP contribution >= 0.6 is 0 Å². The van der Waals surface area contributed by atoms with Gasteiger partial charge in [0.2, 0.25) is 15.9 Å². The van der Waals surface area contributed by atoms with Gasteiger partial charge in [-0.1, -0.05) is 6.07 Å². The van der Waals surface area contributed by atoms with Gasteiger partial charge in [-0.25, -0.2) is 13.1 Å². The molecule has 25 heavy (non-hydrogen) atoms. The normalized spacial score (nSPS) is 15.5. The first-order valence-electron chi connectivity index (χ1n) is 8.61. The fourth-order valence-corrected chi connectivity index (χ4v) is 4.42. The lowest BCUT2D eigenvalue weighted by atomic mass is 10.1. The molecule has 1 saturated heterocycles. The van der Waals surface area contributed by atoms with E-state index in [0.29, 0.717) is 10.9 Å². The maximum Gasteiger partial charge on any atom is 0.241 e. The summed E-state index contributed by atoms with van der Waals surface area (Å²) >= 11 is 0. The van der Waals surface area contributed by atoms with Crippen LogP contribution in [0, 0.1) is 6.92 Å². The van der Waals surface area contributed by atoms with Crippen LogP contribution in [-0.2, 0) is 14.8 Å². The van der Waals surface area contributed by atoms with E-state index in [1.54, 1.807) is 30.5 Å². The second-order valence-corrected chi connectivity index (χ2v) is 8.10. The molecule has 0 spiro atoms. The van der Waals surface area contributed by atoms with E-state index in [9.17, 15) is 13.2 Å². The minimum Gasteiger partial charge on any atom is -0.343 e. The predicted octanol–water partition coefficient (Wildman–Crippen LogP) is 2.22. The molecule has 2 aromatic rings. The number of benzene rings is 1. The van der Waals surface area contributed by atoms with E-state index in [-0.39, 0.29) is 23.8 Å². The molecule has 0 saturated carbocycles. The van der Waals surface area contributed by atoms with Crippen LogP contribution < -0.4 is 4.72 Å². The van der Waals surface area contributed by atoms with E-state index in [4.69, 9.17) is 0 Å². The number of aromatic nitrogens is 1. The van der Waals surface area contributed by atoms with E-state index in [1.807, 2.05) is 11.8 Å². The zero-order chi connectivity index (χ0) is 17.9. The molecule has 1 amide bonds. The number of fused-ring (bicyclic) bond motifs is 1. The molecule has 6 nitrogen and oxygen atoms in total. The molecule has 1 N–H and O–H groups in total. The summed E-state index contributed by atoms with van der Waals surface area (Å²) in [6, 6.07) is 6.82. The standard InChI is InChI=1S/C18H23N3O3S/c1-14-7-8-16(15-6-5-10-19-18(14)15)25(23,24)20-11-9-17(22)21-12-3-2-4-13-21/h5-8,10,20H,2-4,9,11-13H2,1H3. The van der Waals surface area contributed by atoms with Crippen molar-refractivity contribution in [3.63, 3.8) is 0 Å². The number of nitrogens with zero attached hydrogens (tertiary/aromatic N) is 2. The van der Waals surface area contributed by atoms with Gasteiger partial charge in [-0.2, -0.15) is 0 Å². The molecule has 1 aliphatic rings. The van der Waals surface area contributed by atoms with Crippen molar-refractivity contribution >= 4 is 26.8 Å². The van der Waals surface area contributed by atoms with Crippen LogP contribution in [0.4, 0.5) is 0 Å². The summed E-state index contributed by atoms with van der Waals surface area (Å²) in [5.74, 6) is 0.0119. The monoisotopic (exact) mass is 361 g/mol. The van der Waals surface area contributed by atoms with E-state index >= 15 is 0 Å². The Morgan fingerprint density at radius 3 is 2.72 bits per heavy atom. The number of rotatable bonds is 5. The zero-order valence-electron chi connectivity index (χ0n) is 14.4. The summed E-state index contributed by atoms with van der Waals surface area (Å²) in [7, 11) is -3.69. The van der Waals surface area contributed by atoms with Crippen LogP contribution in [0.1, 0.15) is 31.2 Å². The molecular formula is C18H23N3O3S. The van der Waals surface area contributed by atoms with Crippen LogP contribution in [0.15, 0.2) is 35.4 Å². The molecule has 1 aromatic carbocycles. The van der Waals surface area contributed by atoms with Crippen molar-refractivity contribution in [1.29, 1.82) is 0 Å². The average molecular weight is 361 g/mol. The highest BCUT2D eigenvalue weighted by molar-refractivity contribution is 7.89. The number of nitrogens with one attached hydrogen (secondary N) is 1. The summed E-state index contributed by atoms with van der Waals surface area (Å²) in [6.45, 7) is 3.56. The maximum atomic E-state index is 12.7. The molecular weight excluding hydrogens is 338 g/mol. The topological polar surface area (TPSA) is 79.4 Å². The molecule has 0 bridgehead atoms. The molecule has 0 unspecified atom stereocenters. The highest BCUT2D eigenvalue weighted by Crippen LogP contribution is 2.24. The molecule has 0 aliphatic carbocycles. The number of carbonyl (C=O) groups excluding carboxylic acids is 1. The van der Waals surface area contributed by atoms with Gasteiger partial charge >= 0.3 is 0 Å². The van der Waals surface area contributed by atoms with Gasteiger partial charge in [0.25, 0.3) is 0 Å². The molecule has 1 aromatic heterocycles. The van der Waals surface area contributed by atoms with E-state index in [0.717, 1.165) is 37.9 Å². The highest BCUT2D eigenvalue weighted by atomic mass is 32.2. The number of carbonyl (C=O) groups is 1. The molecule has 134 valence electrons. The van der Waals surface area contributed by atoms with Crippen LogP contribution in [0.5, 0.6) is 0 Å². The summed E-state index contributed by atoms with van der Waals surface area (Å²) in [5, 5.41) is 0.595. The minimum absolute atomic E-state index is 0.0119. The van der Waals surface area contributed by atoms with Crippen molar-refractivity contribution in [3.8, 4) is 0 Å². The minimum atomic E-state index is -3.69. The number of pyridine rings is 1. The Labute approximate surface area is 148 Å². The van der Waals surface area contributed by atoms with E-state index in [2.05, 4.69) is 9.71 Å². The molecule has 1 fully saturated rings. The molecule has 0 atom stereocenters. The van der Waals surface area contributed by atoms with Gasteiger partial charge in [0, 0.05) is 37.6 Å². The second-order valence-electron chi connectivity index (χ2n) is 6.37. The van der Waals surface area contributed by atoms with Gasteiger partial charge in [0.1, 0.15) is 0 Å². The number of aryl methyl sites for hydroxylation is 1. The number of piperidine rings is 1. The zero-order valence-corrected chi connectivity index (χ0v) is 15.2. The fraction of sp³-hybridized carbons (Fsp3) is 0.444. The van der Waals surface area contributed by atoms with Crippen molar-refractivity contribution in [2.75, 3.05) is 19.6 Å². The van der Waals surface area contributed by atoms with E-state index in [1.165, 1.54) is 0 Å². The molecule has 7 heteroatoms. The number of likely N-dealkylation sites (tertiary alicyclic amines) is 1. The van der Waals surface area contributed by atoms with Gasteiger partial charge < -0.3 is 4.90 Å². The van der Waals surface area contributed by atoms with Crippen LogP contribution in [-0.4, -0.2) is 43.8 Å². The Morgan fingerprint density at radius 1 is 1.20 bits per heavy atom. The predicted molar refractivity (Wildman–Crippen MR) is 96.7 cm³/mol. The maximum absolute atomic E-state index is 12.7. The fourth-order valence-electron chi connectivity index (χ4n) is 3.19. The largest absolute Gasteiger partial charge is 0.343 e. The summed E-state index contributed by atoms with van der Waals surface area (Å²) in [4.78, 5) is 18.5. The number of sulfonamides is 1. The first-order chi connectivity index (χ1) is 12.0. The molecule has 1 aliphatic heterocycles. The van der Waals surface area contributed by atoms with Crippen molar-refractivity contribution in [2.24, 2.45) is 0 Å². The third-order valence-corrected chi connectivity index (χ3v) is 6.08.